The Labute approximate surface area is 122 Å². The fourth-order valence-electron chi connectivity index (χ4n) is 2.82. The highest BCUT2D eigenvalue weighted by molar-refractivity contribution is 5.90. The monoisotopic (exact) mass is 272 g/mol. The van der Waals surface area contributed by atoms with Gasteiger partial charge in [-0.1, -0.05) is 18.2 Å². The Bertz CT molecular complexity index is 533. The molecule has 0 aliphatic carbocycles. The fourth-order valence-corrected chi connectivity index (χ4v) is 2.82. The zero-order valence-corrected chi connectivity index (χ0v) is 12.9. The smallest absolute Gasteiger partial charge is 0.0961 e. The average molecular weight is 272 g/mol. The van der Waals surface area contributed by atoms with Gasteiger partial charge in [-0.2, -0.15) is 0 Å². The molecule has 0 atom stereocenters. The van der Waals surface area contributed by atoms with E-state index < -0.39 is 0 Å². The van der Waals surface area contributed by atoms with E-state index in [1.165, 1.54) is 29.5 Å². The third-order valence-electron chi connectivity index (χ3n) is 4.55. The van der Waals surface area contributed by atoms with Crippen LogP contribution in [0.5, 0.6) is 0 Å². The summed E-state index contributed by atoms with van der Waals surface area (Å²) in [6.45, 7) is 12.6. The van der Waals surface area contributed by atoms with Crippen LogP contribution < -0.4 is 5.32 Å². The second-order valence-electron chi connectivity index (χ2n) is 5.32. The predicted octanol–water partition coefficient (Wildman–Crippen LogP) is 3.52. The highest BCUT2D eigenvalue weighted by Crippen LogP contribution is 2.20. The number of likely N-dealkylation sites (N-methyl/N-ethyl adjacent to an activating group) is 1. The van der Waals surface area contributed by atoms with E-state index in [0.29, 0.717) is 0 Å². The Morgan fingerprint density at radius 2 is 1.70 bits per heavy atom. The Balaban J connectivity index is 2.06. The number of pyridine rings is 1. The number of aromatic nitrogens is 1. The maximum atomic E-state index is 4.49. The number of rotatable bonds is 7. The van der Waals surface area contributed by atoms with E-state index in [9.17, 15) is 0 Å². The zero-order chi connectivity index (χ0) is 14.4. The first-order valence-corrected chi connectivity index (χ1v) is 7.67. The van der Waals surface area contributed by atoms with Gasteiger partial charge in [0.1, 0.15) is 0 Å². The molecule has 1 aromatic carbocycles. The molecule has 0 radical (unpaired) electrons. The van der Waals surface area contributed by atoms with Gasteiger partial charge in [0.15, 0.2) is 0 Å². The summed E-state index contributed by atoms with van der Waals surface area (Å²) in [5.74, 6) is 0. The third kappa shape index (κ3) is 3.10. The van der Waals surface area contributed by atoms with E-state index in [4.69, 9.17) is 0 Å². The van der Waals surface area contributed by atoms with Crippen LogP contribution in [0.4, 0.5) is 5.69 Å². The van der Waals surface area contributed by atoms with Crippen LogP contribution in [0, 0.1) is 0 Å². The van der Waals surface area contributed by atoms with E-state index >= 15 is 0 Å². The van der Waals surface area contributed by atoms with Gasteiger partial charge in [-0.05, 0) is 32.9 Å². The molecule has 0 spiro atoms. The van der Waals surface area contributed by atoms with Crippen molar-refractivity contribution in [1.82, 2.24) is 4.98 Å². The van der Waals surface area contributed by atoms with Gasteiger partial charge >= 0.3 is 0 Å². The summed E-state index contributed by atoms with van der Waals surface area (Å²) in [6, 6.07) is 10.4. The second-order valence-corrected chi connectivity index (χ2v) is 5.32. The van der Waals surface area contributed by atoms with Crippen molar-refractivity contribution in [3.05, 3.63) is 36.5 Å². The maximum absolute atomic E-state index is 4.49. The zero-order valence-electron chi connectivity index (χ0n) is 12.9. The topological polar surface area (TPSA) is 24.9 Å². The Hall–Kier alpha value is -1.61. The number of anilines is 1. The van der Waals surface area contributed by atoms with Crippen molar-refractivity contribution in [2.75, 3.05) is 38.0 Å². The lowest BCUT2D eigenvalue weighted by Crippen LogP contribution is -2.50. The van der Waals surface area contributed by atoms with Gasteiger partial charge in [-0.3, -0.25) is 4.98 Å². The third-order valence-corrected chi connectivity index (χ3v) is 4.55. The summed E-state index contributed by atoms with van der Waals surface area (Å²) in [5, 5.41) is 4.76. The molecule has 0 bridgehead atoms. The van der Waals surface area contributed by atoms with Crippen LogP contribution in [0.2, 0.25) is 0 Å². The molecule has 20 heavy (non-hydrogen) atoms. The molecular weight excluding hydrogens is 246 g/mol. The van der Waals surface area contributed by atoms with Gasteiger partial charge in [0.2, 0.25) is 0 Å². The van der Waals surface area contributed by atoms with Crippen molar-refractivity contribution in [2.45, 2.75) is 20.8 Å². The highest BCUT2D eigenvalue weighted by Gasteiger charge is 2.19. The van der Waals surface area contributed by atoms with E-state index in [0.717, 1.165) is 24.3 Å². The summed E-state index contributed by atoms with van der Waals surface area (Å²) >= 11 is 0. The molecule has 2 rings (SSSR count). The van der Waals surface area contributed by atoms with Crippen molar-refractivity contribution >= 4 is 16.6 Å². The number of quaternary nitrogens is 1. The largest absolute Gasteiger partial charge is 0.378 e. The lowest BCUT2D eigenvalue weighted by molar-refractivity contribution is -0.921. The highest BCUT2D eigenvalue weighted by atomic mass is 15.3. The predicted molar refractivity (Wildman–Crippen MR) is 87.0 cm³/mol. The van der Waals surface area contributed by atoms with Crippen molar-refractivity contribution in [3.63, 3.8) is 0 Å². The number of nitrogens with one attached hydrogen (secondary N) is 1. The molecule has 108 valence electrons. The van der Waals surface area contributed by atoms with Crippen LogP contribution in [-0.4, -0.2) is 42.2 Å². The minimum Gasteiger partial charge on any atom is -0.378 e. The molecule has 3 heteroatoms. The fraction of sp³-hybridized carbons (Fsp3) is 0.471. The van der Waals surface area contributed by atoms with Crippen molar-refractivity contribution in [2.24, 2.45) is 0 Å². The lowest BCUT2D eigenvalue weighted by atomic mass is 10.2. The molecule has 0 fully saturated rings. The normalized spacial score (nSPS) is 11.8. The Kier molecular flexibility index (Phi) is 4.96. The summed E-state index contributed by atoms with van der Waals surface area (Å²) in [4.78, 5) is 4.49. The van der Waals surface area contributed by atoms with Crippen LogP contribution in [0.25, 0.3) is 10.9 Å². The van der Waals surface area contributed by atoms with Crippen LogP contribution in [0.15, 0.2) is 36.5 Å². The Morgan fingerprint density at radius 3 is 2.40 bits per heavy atom. The molecule has 0 aliphatic heterocycles. The van der Waals surface area contributed by atoms with E-state index in [1.807, 2.05) is 12.3 Å². The molecule has 1 N–H and O–H groups in total. The molecule has 0 saturated heterocycles. The SMILES string of the molecule is CC[N+](CC)(CC)CCNc1cccc2cccnc12. The molecule has 2 aromatic rings. The molecule has 0 saturated carbocycles. The van der Waals surface area contributed by atoms with E-state index in [2.05, 4.69) is 55.3 Å². The van der Waals surface area contributed by atoms with Gasteiger partial charge in [-0.25, -0.2) is 0 Å². The van der Waals surface area contributed by atoms with E-state index in [1.54, 1.807) is 0 Å². The molecule has 1 aromatic heterocycles. The van der Waals surface area contributed by atoms with Gasteiger partial charge < -0.3 is 9.80 Å². The molecule has 0 unspecified atom stereocenters. The summed E-state index contributed by atoms with van der Waals surface area (Å²) in [6.07, 6.45) is 1.86. The maximum Gasteiger partial charge on any atom is 0.0961 e. The molecular formula is C17H26N3+. The summed E-state index contributed by atoms with van der Waals surface area (Å²) in [7, 11) is 0. The first kappa shape index (κ1) is 14.8. The average Bonchev–Trinajstić information content (AvgIpc) is 2.52. The quantitative estimate of drug-likeness (QED) is 0.780. The molecule has 3 nitrogen and oxygen atoms in total. The first-order valence-electron chi connectivity index (χ1n) is 7.67. The van der Waals surface area contributed by atoms with Crippen LogP contribution in [-0.2, 0) is 0 Å². The van der Waals surface area contributed by atoms with Gasteiger partial charge in [0.05, 0.1) is 43.9 Å². The standard InChI is InChI=1S/C17H26N3/c1-4-20(5-2,6-3)14-13-18-16-11-7-9-15-10-8-12-19-17(15)16/h7-12,18H,4-6,13-14H2,1-3H3/q+1. The van der Waals surface area contributed by atoms with Crippen LogP contribution >= 0.6 is 0 Å². The van der Waals surface area contributed by atoms with Crippen LogP contribution in [0.3, 0.4) is 0 Å². The number of fused-ring (bicyclic) bond motifs is 1. The van der Waals surface area contributed by atoms with Gasteiger partial charge in [-0.15, -0.1) is 0 Å². The van der Waals surface area contributed by atoms with E-state index in [-0.39, 0.29) is 0 Å². The molecule has 0 amide bonds. The number of hydrogen-bond acceptors (Lipinski definition) is 2. The number of para-hydroxylation sites is 1. The second kappa shape index (κ2) is 6.71. The summed E-state index contributed by atoms with van der Waals surface area (Å²) < 4.78 is 1.17. The molecule has 1 heterocycles. The number of nitrogens with zero attached hydrogens (tertiary/aromatic N) is 2. The minimum atomic E-state index is 0.991. The van der Waals surface area contributed by atoms with Gasteiger partial charge in [0, 0.05) is 11.6 Å². The van der Waals surface area contributed by atoms with Crippen molar-refractivity contribution < 1.29 is 4.48 Å². The Morgan fingerprint density at radius 1 is 1.00 bits per heavy atom. The first-order chi connectivity index (χ1) is 9.74. The molecule has 0 aliphatic rings. The van der Waals surface area contributed by atoms with Gasteiger partial charge in [0.25, 0.3) is 0 Å². The summed E-state index contributed by atoms with van der Waals surface area (Å²) in [5.41, 5.74) is 2.21. The number of benzene rings is 1. The number of hydrogen-bond donors (Lipinski definition) is 1. The lowest BCUT2D eigenvalue weighted by Gasteiger charge is -2.36. The van der Waals surface area contributed by atoms with Crippen molar-refractivity contribution in [1.29, 1.82) is 0 Å². The minimum absolute atomic E-state index is 0.991. The van der Waals surface area contributed by atoms with Crippen molar-refractivity contribution in [3.8, 4) is 0 Å². The van der Waals surface area contributed by atoms with Crippen LogP contribution in [0.1, 0.15) is 20.8 Å².